The second-order valence-corrected chi connectivity index (χ2v) is 7.24. The number of ether oxygens (including phenoxy) is 1. The van der Waals surface area contributed by atoms with Crippen LogP contribution in [0.5, 0.6) is 0 Å². The second-order valence-electron chi connectivity index (χ2n) is 6.18. The van der Waals surface area contributed by atoms with Crippen LogP contribution in [0.1, 0.15) is 38.3 Å². The molecule has 4 nitrogen and oxygen atoms in total. The minimum atomic E-state index is 0.0961. The summed E-state index contributed by atoms with van der Waals surface area (Å²) in [5, 5.41) is 4.39. The smallest absolute Gasteiger partial charge is 0.186 e. The normalized spacial score (nSPS) is 20.9. The number of thiazole rings is 1. The third kappa shape index (κ3) is 3.46. The first-order chi connectivity index (χ1) is 8.91. The largest absolute Gasteiger partial charge is 0.375 e. The molecule has 0 spiro atoms. The molecule has 19 heavy (non-hydrogen) atoms. The van der Waals surface area contributed by atoms with E-state index in [2.05, 4.69) is 37.9 Å². The van der Waals surface area contributed by atoms with Crippen molar-refractivity contribution < 1.29 is 4.74 Å². The SMILES string of the molecule is CNCc1sc(N2CCOC(C)C2)nc1C(C)(C)C. The minimum absolute atomic E-state index is 0.0961. The lowest BCUT2D eigenvalue weighted by Gasteiger charge is -2.30. The van der Waals surface area contributed by atoms with Crippen LogP contribution in [0.4, 0.5) is 5.13 Å². The van der Waals surface area contributed by atoms with Crippen molar-refractivity contribution in [3.8, 4) is 0 Å². The number of hydrogen-bond donors (Lipinski definition) is 1. The summed E-state index contributed by atoms with van der Waals surface area (Å²) < 4.78 is 5.60. The summed E-state index contributed by atoms with van der Waals surface area (Å²) in [5.74, 6) is 0. The maximum absolute atomic E-state index is 5.60. The van der Waals surface area contributed by atoms with Gasteiger partial charge in [0.1, 0.15) is 0 Å². The van der Waals surface area contributed by atoms with Crippen molar-refractivity contribution in [3.63, 3.8) is 0 Å². The maximum Gasteiger partial charge on any atom is 0.186 e. The molecule has 0 saturated carbocycles. The van der Waals surface area contributed by atoms with Crippen LogP contribution in [0.2, 0.25) is 0 Å². The van der Waals surface area contributed by atoms with Crippen molar-refractivity contribution in [1.82, 2.24) is 10.3 Å². The van der Waals surface area contributed by atoms with Gasteiger partial charge in [-0.3, -0.25) is 0 Å². The fraction of sp³-hybridized carbons (Fsp3) is 0.786. The Morgan fingerprint density at radius 2 is 2.21 bits per heavy atom. The average molecular weight is 283 g/mol. The molecule has 2 heterocycles. The minimum Gasteiger partial charge on any atom is -0.375 e. The Morgan fingerprint density at radius 1 is 1.47 bits per heavy atom. The van der Waals surface area contributed by atoms with Crippen LogP contribution in [0, 0.1) is 0 Å². The zero-order valence-corrected chi connectivity index (χ0v) is 13.4. The Kier molecular flexibility index (Phi) is 4.48. The van der Waals surface area contributed by atoms with E-state index in [-0.39, 0.29) is 5.41 Å². The number of morpholine rings is 1. The first-order valence-corrected chi connectivity index (χ1v) is 7.75. The predicted molar refractivity (Wildman–Crippen MR) is 81.2 cm³/mol. The second kappa shape index (κ2) is 5.77. The Bertz CT molecular complexity index is 425. The van der Waals surface area contributed by atoms with Crippen LogP contribution in [0.15, 0.2) is 0 Å². The molecule has 0 bridgehead atoms. The monoisotopic (exact) mass is 283 g/mol. The molecule has 1 aromatic heterocycles. The molecule has 0 radical (unpaired) electrons. The Balaban J connectivity index is 2.26. The molecule has 1 aliphatic rings. The van der Waals surface area contributed by atoms with Gasteiger partial charge in [-0.25, -0.2) is 4.98 Å². The molecular formula is C14H25N3OS. The van der Waals surface area contributed by atoms with Gasteiger partial charge in [-0.2, -0.15) is 0 Å². The number of rotatable bonds is 3. The standard InChI is InChI=1S/C14H25N3OS/c1-10-9-17(6-7-18-10)13-16-12(14(2,3)4)11(19-13)8-15-5/h10,15H,6-9H2,1-5H3. The van der Waals surface area contributed by atoms with Gasteiger partial charge in [-0.15, -0.1) is 11.3 Å². The highest BCUT2D eigenvalue weighted by Crippen LogP contribution is 2.34. The van der Waals surface area contributed by atoms with Gasteiger partial charge < -0.3 is 15.0 Å². The van der Waals surface area contributed by atoms with Gasteiger partial charge in [0.25, 0.3) is 0 Å². The molecule has 1 N–H and O–H groups in total. The van der Waals surface area contributed by atoms with Crippen molar-refractivity contribution in [3.05, 3.63) is 10.6 Å². The fourth-order valence-electron chi connectivity index (χ4n) is 2.33. The number of nitrogens with zero attached hydrogens (tertiary/aromatic N) is 2. The van der Waals surface area contributed by atoms with Gasteiger partial charge in [0, 0.05) is 29.9 Å². The summed E-state index contributed by atoms with van der Waals surface area (Å²) in [7, 11) is 1.99. The molecule has 0 aromatic carbocycles. The lowest BCUT2D eigenvalue weighted by atomic mass is 9.91. The van der Waals surface area contributed by atoms with Crippen molar-refractivity contribution in [2.45, 2.75) is 45.8 Å². The highest BCUT2D eigenvalue weighted by molar-refractivity contribution is 7.15. The summed E-state index contributed by atoms with van der Waals surface area (Å²) >= 11 is 1.82. The Labute approximate surface area is 120 Å². The topological polar surface area (TPSA) is 37.4 Å². The van der Waals surface area contributed by atoms with E-state index < -0.39 is 0 Å². The number of aromatic nitrogens is 1. The third-order valence-corrected chi connectivity index (χ3v) is 4.36. The van der Waals surface area contributed by atoms with Crippen LogP contribution < -0.4 is 10.2 Å². The highest BCUT2D eigenvalue weighted by atomic mass is 32.1. The molecule has 2 rings (SSSR count). The van der Waals surface area contributed by atoms with Crippen molar-refractivity contribution in [2.75, 3.05) is 31.6 Å². The first kappa shape index (κ1) is 14.8. The van der Waals surface area contributed by atoms with Gasteiger partial charge in [0.15, 0.2) is 5.13 Å². The summed E-state index contributed by atoms with van der Waals surface area (Å²) in [4.78, 5) is 8.61. The molecule has 1 atom stereocenters. The molecule has 5 heteroatoms. The molecule has 0 aliphatic carbocycles. The summed E-state index contributed by atoms with van der Waals surface area (Å²) in [5.41, 5.74) is 1.32. The van der Waals surface area contributed by atoms with Gasteiger partial charge in [0.2, 0.25) is 0 Å². The molecule has 1 aromatic rings. The van der Waals surface area contributed by atoms with Crippen LogP contribution in [-0.4, -0.2) is 37.8 Å². The number of anilines is 1. The highest BCUT2D eigenvalue weighted by Gasteiger charge is 2.26. The van der Waals surface area contributed by atoms with Crippen LogP contribution in [0.3, 0.4) is 0 Å². The zero-order valence-electron chi connectivity index (χ0n) is 12.6. The van der Waals surface area contributed by atoms with E-state index in [4.69, 9.17) is 9.72 Å². The van der Waals surface area contributed by atoms with Crippen molar-refractivity contribution >= 4 is 16.5 Å². The van der Waals surface area contributed by atoms with Crippen LogP contribution >= 0.6 is 11.3 Å². The average Bonchev–Trinajstić information content (AvgIpc) is 2.73. The lowest BCUT2D eigenvalue weighted by molar-refractivity contribution is 0.0532. The van der Waals surface area contributed by atoms with Crippen molar-refractivity contribution in [1.29, 1.82) is 0 Å². The third-order valence-electron chi connectivity index (χ3n) is 3.25. The quantitative estimate of drug-likeness (QED) is 0.924. The molecule has 0 amide bonds. The van der Waals surface area contributed by atoms with E-state index in [9.17, 15) is 0 Å². The van der Waals surface area contributed by atoms with Gasteiger partial charge in [0.05, 0.1) is 18.4 Å². The van der Waals surface area contributed by atoms with E-state index in [1.165, 1.54) is 10.6 Å². The molecule has 1 fully saturated rings. The van der Waals surface area contributed by atoms with Gasteiger partial charge >= 0.3 is 0 Å². The van der Waals surface area contributed by atoms with Crippen LogP contribution in [-0.2, 0) is 16.7 Å². The molecule has 1 saturated heterocycles. The first-order valence-electron chi connectivity index (χ1n) is 6.93. The van der Waals surface area contributed by atoms with E-state index in [0.717, 1.165) is 31.4 Å². The lowest BCUT2D eigenvalue weighted by Crippen LogP contribution is -2.41. The maximum atomic E-state index is 5.60. The summed E-state index contributed by atoms with van der Waals surface area (Å²) in [6.45, 7) is 12.4. The van der Waals surface area contributed by atoms with E-state index in [1.807, 2.05) is 18.4 Å². The molecule has 1 unspecified atom stereocenters. The summed E-state index contributed by atoms with van der Waals surface area (Å²) in [6, 6.07) is 0. The van der Waals surface area contributed by atoms with E-state index >= 15 is 0 Å². The van der Waals surface area contributed by atoms with Crippen LogP contribution in [0.25, 0.3) is 0 Å². The predicted octanol–water partition coefficient (Wildman–Crippen LogP) is 2.39. The van der Waals surface area contributed by atoms with Crippen molar-refractivity contribution in [2.24, 2.45) is 0 Å². The van der Waals surface area contributed by atoms with Gasteiger partial charge in [-0.1, -0.05) is 20.8 Å². The Morgan fingerprint density at radius 3 is 2.79 bits per heavy atom. The number of nitrogens with one attached hydrogen (secondary N) is 1. The molecule has 1 aliphatic heterocycles. The van der Waals surface area contributed by atoms with E-state index in [0.29, 0.717) is 6.10 Å². The van der Waals surface area contributed by atoms with Gasteiger partial charge in [-0.05, 0) is 14.0 Å². The summed E-state index contributed by atoms with van der Waals surface area (Å²) in [6.07, 6.45) is 0.295. The Hall–Kier alpha value is -0.650. The number of hydrogen-bond acceptors (Lipinski definition) is 5. The van der Waals surface area contributed by atoms with E-state index in [1.54, 1.807) is 0 Å². The fourth-order valence-corrected chi connectivity index (χ4v) is 3.65. The molecular weight excluding hydrogens is 258 g/mol. The zero-order chi connectivity index (χ0) is 14.0. The molecule has 108 valence electrons.